The molecule has 1 heterocycles. The third-order valence-corrected chi connectivity index (χ3v) is 23.3. The van der Waals surface area contributed by atoms with Gasteiger partial charge >= 0.3 is 187 Å². The van der Waals surface area contributed by atoms with Crippen LogP contribution in [0.4, 0.5) is 4.39 Å². The summed E-state index contributed by atoms with van der Waals surface area (Å²) < 4.78 is 45.9. The molecule has 2 aromatic rings. The molecule has 7 heteroatoms. The van der Waals surface area contributed by atoms with Crippen molar-refractivity contribution in [2.24, 2.45) is 0 Å². The summed E-state index contributed by atoms with van der Waals surface area (Å²) in [5.41, 5.74) is 0.318. The Morgan fingerprint density at radius 2 is 1.53 bits per heavy atom. The molecule has 0 bridgehead atoms. The Balaban J connectivity index is 2.43. The van der Waals surface area contributed by atoms with Crippen molar-refractivity contribution in [1.82, 2.24) is 9.78 Å². The fourth-order valence-corrected chi connectivity index (χ4v) is 20.5. The van der Waals surface area contributed by atoms with Crippen molar-refractivity contribution < 1.29 is 12.8 Å². The predicted molar refractivity (Wildman–Crippen MR) is 126 cm³/mol. The standard InChI is InChI=1S/C11H10FN2O2S.3C4H9.Sn/c1-2-17(15,16)9-4-5-11(10(12)8-9)14-7-3-6-13-14;3*1-3-4-2;/h4-8H,2H2,1H3;3*1,3-4H2,2H3;. The van der Waals surface area contributed by atoms with Crippen LogP contribution in [-0.4, -0.2) is 42.3 Å². The molecular weight excluding hydrogens is 506 g/mol. The first kappa shape index (κ1) is 25.4. The predicted octanol–water partition coefficient (Wildman–Crippen LogP) is 5.86. The molecule has 0 aliphatic carbocycles. The second-order valence-corrected chi connectivity index (χ2v) is 23.8. The Kier molecular flexibility index (Phi) is 9.85. The van der Waals surface area contributed by atoms with E-state index >= 15 is 0 Å². The Hall–Kier alpha value is -0.891. The van der Waals surface area contributed by atoms with E-state index in [-0.39, 0.29) is 10.6 Å². The second-order valence-electron chi connectivity index (χ2n) is 8.28. The van der Waals surface area contributed by atoms with E-state index in [9.17, 15) is 12.8 Å². The Labute approximate surface area is 186 Å². The topological polar surface area (TPSA) is 52.0 Å². The molecule has 30 heavy (non-hydrogen) atoms. The average molecular weight is 543 g/mol. The fraction of sp³-hybridized carbons (Fsp3) is 0.609. The number of hydrogen-bond donors (Lipinski definition) is 0. The zero-order valence-corrected chi connectivity index (χ0v) is 22.6. The van der Waals surface area contributed by atoms with Gasteiger partial charge in [-0.05, 0) is 0 Å². The summed E-state index contributed by atoms with van der Waals surface area (Å²) in [5, 5.41) is 4.53. The SMILES string of the molecule is CCC[CH2][Sn]([CH2]CCC)([CH2]CCC)[c]1cnn(-c2ccc(S(=O)(=O)CC)cc2F)c1. The maximum absolute atomic E-state index is 14.8. The van der Waals surface area contributed by atoms with Crippen LogP contribution in [0.15, 0.2) is 35.5 Å². The number of halogens is 1. The number of unbranched alkanes of at least 4 members (excludes halogenated alkanes) is 3. The first-order valence-corrected chi connectivity index (χ1v) is 20.5. The normalized spacial score (nSPS) is 12.4. The molecule has 0 radical (unpaired) electrons. The van der Waals surface area contributed by atoms with Gasteiger partial charge in [0.1, 0.15) is 0 Å². The number of benzene rings is 1. The summed E-state index contributed by atoms with van der Waals surface area (Å²) in [7, 11) is -3.43. The van der Waals surface area contributed by atoms with Crippen molar-refractivity contribution >= 4 is 31.8 Å². The van der Waals surface area contributed by atoms with Crippen LogP contribution in [0, 0.1) is 5.82 Å². The molecule has 0 saturated carbocycles. The van der Waals surface area contributed by atoms with Crippen LogP contribution in [0.5, 0.6) is 0 Å². The maximum atomic E-state index is 14.8. The Bertz CT molecular complexity index is 890. The quantitative estimate of drug-likeness (QED) is 0.298. The molecule has 4 nitrogen and oxygen atoms in total. The van der Waals surface area contributed by atoms with Crippen molar-refractivity contribution in [2.45, 2.75) is 84.4 Å². The molecule has 0 aliphatic rings. The van der Waals surface area contributed by atoms with Gasteiger partial charge in [-0.15, -0.1) is 0 Å². The summed E-state index contributed by atoms with van der Waals surface area (Å²) in [4.78, 5) is 0.0287. The molecule has 1 aromatic heterocycles. The summed E-state index contributed by atoms with van der Waals surface area (Å²) in [6, 6.07) is 4.15. The molecule has 0 fully saturated rings. The zero-order valence-electron chi connectivity index (χ0n) is 19.0. The first-order valence-electron chi connectivity index (χ1n) is 11.4. The molecule has 0 spiro atoms. The fourth-order valence-electron chi connectivity index (χ4n) is 4.12. The third-order valence-electron chi connectivity index (χ3n) is 6.13. The van der Waals surface area contributed by atoms with E-state index in [4.69, 9.17) is 0 Å². The van der Waals surface area contributed by atoms with E-state index in [1.807, 2.05) is 12.4 Å². The summed E-state index contributed by atoms with van der Waals surface area (Å²) in [6.45, 7) is 8.32. The molecule has 0 saturated heterocycles. The average Bonchev–Trinajstić information content (AvgIpc) is 3.24. The molecular formula is C23H37FN2O2SSn. The molecule has 0 amide bonds. The Morgan fingerprint density at radius 1 is 0.967 bits per heavy atom. The third kappa shape index (κ3) is 6.08. The second kappa shape index (κ2) is 11.6. The van der Waals surface area contributed by atoms with E-state index in [1.54, 1.807) is 11.6 Å². The van der Waals surface area contributed by atoms with Gasteiger partial charge in [0.2, 0.25) is 0 Å². The number of hydrogen-bond acceptors (Lipinski definition) is 3. The number of nitrogens with zero attached hydrogens (tertiary/aromatic N) is 2. The minimum absolute atomic E-state index is 0.0287. The van der Waals surface area contributed by atoms with Crippen molar-refractivity contribution in [3.63, 3.8) is 0 Å². The van der Waals surface area contributed by atoms with Crippen molar-refractivity contribution in [1.29, 1.82) is 0 Å². The molecule has 168 valence electrons. The van der Waals surface area contributed by atoms with Gasteiger partial charge in [0.15, 0.2) is 0 Å². The van der Waals surface area contributed by atoms with Crippen LogP contribution in [0.2, 0.25) is 13.3 Å². The zero-order chi connectivity index (χ0) is 22.2. The van der Waals surface area contributed by atoms with Gasteiger partial charge in [-0.25, -0.2) is 0 Å². The first-order chi connectivity index (χ1) is 14.3. The molecule has 0 unspecified atom stereocenters. The number of aromatic nitrogens is 2. The molecule has 2 rings (SSSR count). The van der Waals surface area contributed by atoms with Crippen molar-refractivity contribution in [2.75, 3.05) is 5.75 Å². The van der Waals surface area contributed by atoms with Crippen molar-refractivity contribution in [3.8, 4) is 5.69 Å². The van der Waals surface area contributed by atoms with E-state index < -0.39 is 34.0 Å². The van der Waals surface area contributed by atoms with Gasteiger partial charge in [-0.2, -0.15) is 0 Å². The van der Waals surface area contributed by atoms with Gasteiger partial charge in [0.05, 0.1) is 0 Å². The Morgan fingerprint density at radius 3 is 2.00 bits per heavy atom. The van der Waals surface area contributed by atoms with Crippen LogP contribution in [0.1, 0.15) is 66.2 Å². The molecule has 0 N–H and O–H groups in total. The number of rotatable bonds is 13. The van der Waals surface area contributed by atoms with E-state index in [2.05, 4.69) is 25.9 Å². The summed E-state index contributed by atoms with van der Waals surface area (Å²) >= 11 is -2.63. The molecule has 0 aliphatic heterocycles. The summed E-state index contributed by atoms with van der Waals surface area (Å²) in [5.74, 6) is -0.586. The van der Waals surface area contributed by atoms with Crippen LogP contribution in [-0.2, 0) is 9.84 Å². The van der Waals surface area contributed by atoms with Crippen LogP contribution < -0.4 is 3.58 Å². The molecule has 0 atom stereocenters. The minimum atomic E-state index is -3.43. The van der Waals surface area contributed by atoms with E-state index in [0.29, 0.717) is 5.69 Å². The summed E-state index contributed by atoms with van der Waals surface area (Å²) in [6.07, 6.45) is 11.4. The van der Waals surface area contributed by atoms with Gasteiger partial charge < -0.3 is 0 Å². The number of sulfone groups is 1. The van der Waals surface area contributed by atoms with Gasteiger partial charge in [-0.1, -0.05) is 0 Å². The van der Waals surface area contributed by atoms with Crippen molar-refractivity contribution in [3.05, 3.63) is 36.4 Å². The monoisotopic (exact) mass is 544 g/mol. The van der Waals surface area contributed by atoms with Gasteiger partial charge in [0.25, 0.3) is 0 Å². The van der Waals surface area contributed by atoms with Crippen LogP contribution in [0.3, 0.4) is 0 Å². The van der Waals surface area contributed by atoms with Gasteiger partial charge in [-0.3, -0.25) is 0 Å². The van der Waals surface area contributed by atoms with E-state index in [0.717, 1.165) is 6.07 Å². The molecule has 1 aromatic carbocycles. The van der Waals surface area contributed by atoms with Gasteiger partial charge in [0, 0.05) is 0 Å². The van der Waals surface area contributed by atoms with Crippen LogP contribution >= 0.6 is 0 Å². The van der Waals surface area contributed by atoms with Crippen LogP contribution in [0.25, 0.3) is 5.69 Å². The van der Waals surface area contributed by atoms with E-state index in [1.165, 1.54) is 67.5 Å².